The Morgan fingerprint density at radius 3 is 2.27 bits per heavy atom. The van der Waals surface area contributed by atoms with E-state index >= 15 is 0 Å². The fourth-order valence-corrected chi connectivity index (χ4v) is 3.71. The van der Waals surface area contributed by atoms with Gasteiger partial charge in [0.2, 0.25) is 0 Å². The molecule has 4 aromatic rings. The van der Waals surface area contributed by atoms with Crippen LogP contribution in [0.4, 0.5) is 9.52 Å². The van der Waals surface area contributed by atoms with E-state index in [-0.39, 0.29) is 5.75 Å². The second-order valence-electron chi connectivity index (χ2n) is 6.91. The molecule has 0 aliphatic heterocycles. The van der Waals surface area contributed by atoms with Gasteiger partial charge in [-0.25, -0.2) is 14.2 Å². The number of rotatable bonds is 8. The van der Waals surface area contributed by atoms with Gasteiger partial charge in [-0.1, -0.05) is 66.7 Å². The predicted octanol–water partition coefficient (Wildman–Crippen LogP) is 5.18. The second kappa shape index (κ2) is 10.5. The third-order valence-electron chi connectivity index (χ3n) is 4.58. The summed E-state index contributed by atoms with van der Waals surface area (Å²) in [4.78, 5) is 28.2. The topological polar surface area (TPSA) is 77.5 Å². The number of aromatic nitrogens is 1. The molecule has 6 nitrogen and oxygen atoms in total. The van der Waals surface area contributed by atoms with E-state index in [0.29, 0.717) is 5.13 Å². The van der Waals surface area contributed by atoms with Gasteiger partial charge in [0.15, 0.2) is 29.9 Å². The normalized spacial score (nSPS) is 10.5. The van der Waals surface area contributed by atoms with Crippen LogP contribution in [-0.4, -0.2) is 30.1 Å². The molecule has 1 aromatic heterocycles. The van der Waals surface area contributed by atoms with Crippen LogP contribution in [0.5, 0.6) is 5.75 Å². The second-order valence-corrected chi connectivity index (χ2v) is 7.77. The van der Waals surface area contributed by atoms with E-state index in [4.69, 9.17) is 9.47 Å². The highest BCUT2D eigenvalue weighted by Crippen LogP contribution is 2.27. The molecule has 0 aliphatic carbocycles. The van der Waals surface area contributed by atoms with Gasteiger partial charge < -0.3 is 9.47 Å². The summed E-state index contributed by atoms with van der Waals surface area (Å²) >= 11 is 1.27. The Morgan fingerprint density at radius 2 is 1.52 bits per heavy atom. The SMILES string of the molecule is O=C(COC(=O)COc1ccccc1F)Nc1nc(-c2ccc(-c3ccccc3)cc2)cs1. The minimum atomic E-state index is -0.785. The molecule has 0 unspecified atom stereocenters. The average Bonchev–Trinajstić information content (AvgIpc) is 3.31. The van der Waals surface area contributed by atoms with Crippen LogP contribution >= 0.6 is 11.3 Å². The molecule has 0 aliphatic rings. The van der Waals surface area contributed by atoms with E-state index in [2.05, 4.69) is 10.3 Å². The van der Waals surface area contributed by atoms with Gasteiger partial charge in [0, 0.05) is 10.9 Å². The summed E-state index contributed by atoms with van der Waals surface area (Å²) in [6.45, 7) is -1.01. The summed E-state index contributed by atoms with van der Waals surface area (Å²) in [5, 5.41) is 4.82. The van der Waals surface area contributed by atoms with E-state index in [1.54, 1.807) is 6.07 Å². The van der Waals surface area contributed by atoms with Gasteiger partial charge in [-0.15, -0.1) is 11.3 Å². The first-order valence-corrected chi connectivity index (χ1v) is 10.9. The van der Waals surface area contributed by atoms with Crippen LogP contribution in [0.15, 0.2) is 84.2 Å². The summed E-state index contributed by atoms with van der Waals surface area (Å²) in [5.74, 6) is -1.97. The Balaban J connectivity index is 1.26. The highest BCUT2D eigenvalue weighted by atomic mass is 32.1. The van der Waals surface area contributed by atoms with Crippen LogP contribution in [0, 0.1) is 5.82 Å². The molecule has 4 rings (SSSR count). The molecular weight excluding hydrogens is 443 g/mol. The zero-order chi connectivity index (χ0) is 23.0. The number of hydrogen-bond acceptors (Lipinski definition) is 6. The van der Waals surface area contributed by atoms with Crippen molar-refractivity contribution >= 4 is 28.3 Å². The molecule has 0 saturated carbocycles. The fraction of sp³-hybridized carbons (Fsp3) is 0.0800. The van der Waals surface area contributed by atoms with Crippen molar-refractivity contribution in [3.8, 4) is 28.1 Å². The van der Waals surface area contributed by atoms with Gasteiger partial charge >= 0.3 is 5.97 Å². The lowest BCUT2D eigenvalue weighted by Crippen LogP contribution is -2.23. The Kier molecular flexibility index (Phi) is 7.06. The fourth-order valence-electron chi connectivity index (χ4n) is 2.97. The van der Waals surface area contributed by atoms with Crippen LogP contribution in [0.3, 0.4) is 0 Å². The number of nitrogens with zero attached hydrogens (tertiary/aromatic N) is 1. The van der Waals surface area contributed by atoms with Crippen molar-refractivity contribution in [2.45, 2.75) is 0 Å². The number of ether oxygens (including phenoxy) is 2. The van der Waals surface area contributed by atoms with Crippen molar-refractivity contribution in [1.82, 2.24) is 4.98 Å². The van der Waals surface area contributed by atoms with Crippen molar-refractivity contribution in [2.75, 3.05) is 18.5 Å². The highest BCUT2D eigenvalue weighted by molar-refractivity contribution is 7.14. The lowest BCUT2D eigenvalue weighted by molar-refractivity contribution is -0.149. The number of hydrogen-bond donors (Lipinski definition) is 1. The molecule has 33 heavy (non-hydrogen) atoms. The van der Waals surface area contributed by atoms with Crippen LogP contribution < -0.4 is 10.1 Å². The molecule has 0 bridgehead atoms. The zero-order valence-corrected chi connectivity index (χ0v) is 18.2. The van der Waals surface area contributed by atoms with Crippen molar-refractivity contribution < 1.29 is 23.5 Å². The highest BCUT2D eigenvalue weighted by Gasteiger charge is 2.12. The summed E-state index contributed by atoms with van der Waals surface area (Å²) < 4.78 is 23.4. The van der Waals surface area contributed by atoms with Crippen molar-refractivity contribution in [1.29, 1.82) is 0 Å². The zero-order valence-electron chi connectivity index (χ0n) is 17.4. The van der Waals surface area contributed by atoms with Gasteiger partial charge in [-0.3, -0.25) is 10.1 Å². The maximum atomic E-state index is 13.5. The third kappa shape index (κ3) is 6.02. The number of thiazole rings is 1. The molecular formula is C25H19FN2O4S. The first-order valence-electron chi connectivity index (χ1n) is 10.0. The Morgan fingerprint density at radius 1 is 0.848 bits per heavy atom. The molecule has 1 heterocycles. The Hall–Kier alpha value is -4.04. The van der Waals surface area contributed by atoms with Crippen molar-refractivity contribution in [3.63, 3.8) is 0 Å². The van der Waals surface area contributed by atoms with Gasteiger partial charge in [0.05, 0.1) is 5.69 Å². The lowest BCUT2D eigenvalue weighted by Gasteiger charge is -2.07. The molecule has 0 fully saturated rings. The maximum Gasteiger partial charge on any atom is 0.344 e. The lowest BCUT2D eigenvalue weighted by atomic mass is 10.0. The number of carbonyl (C=O) groups is 2. The quantitative estimate of drug-likeness (QED) is 0.365. The standard InChI is InChI=1S/C25H19FN2O4S/c26-20-8-4-5-9-22(20)31-15-24(30)32-14-23(29)28-25-27-21(16-33-25)19-12-10-18(11-13-19)17-6-2-1-3-7-17/h1-13,16H,14-15H2,(H,27,28,29). The predicted molar refractivity (Wildman–Crippen MR) is 124 cm³/mol. The van der Waals surface area contributed by atoms with Crippen LogP contribution in [0.25, 0.3) is 22.4 Å². The number of carbonyl (C=O) groups excluding carboxylic acids is 2. The number of anilines is 1. The molecule has 3 aromatic carbocycles. The van der Waals surface area contributed by atoms with E-state index in [9.17, 15) is 14.0 Å². The first kappa shape index (κ1) is 22.2. The molecule has 0 saturated heterocycles. The van der Waals surface area contributed by atoms with Gasteiger partial charge in [-0.05, 0) is 23.3 Å². The minimum Gasteiger partial charge on any atom is -0.479 e. The first-order chi connectivity index (χ1) is 16.1. The number of nitrogens with one attached hydrogen (secondary N) is 1. The molecule has 1 amide bonds. The van der Waals surface area contributed by atoms with Gasteiger partial charge in [-0.2, -0.15) is 0 Å². The largest absolute Gasteiger partial charge is 0.479 e. The summed E-state index contributed by atoms with van der Waals surface area (Å²) in [6.07, 6.45) is 0. The monoisotopic (exact) mass is 462 g/mol. The van der Waals surface area contributed by atoms with Gasteiger partial charge in [0.1, 0.15) is 0 Å². The van der Waals surface area contributed by atoms with Crippen LogP contribution in [0.1, 0.15) is 0 Å². The number of para-hydroxylation sites is 1. The van der Waals surface area contributed by atoms with E-state index in [1.807, 2.05) is 60.0 Å². The average molecular weight is 463 g/mol. The molecule has 0 spiro atoms. The number of halogens is 1. The van der Waals surface area contributed by atoms with E-state index in [0.717, 1.165) is 22.4 Å². The van der Waals surface area contributed by atoms with Crippen molar-refractivity contribution in [3.05, 3.63) is 90.1 Å². The van der Waals surface area contributed by atoms with E-state index < -0.39 is 30.9 Å². The summed E-state index contributed by atoms with van der Waals surface area (Å²) in [6, 6.07) is 23.7. The summed E-state index contributed by atoms with van der Waals surface area (Å²) in [5.41, 5.74) is 3.88. The molecule has 0 radical (unpaired) electrons. The smallest absolute Gasteiger partial charge is 0.344 e. The number of esters is 1. The van der Waals surface area contributed by atoms with Crippen LogP contribution in [-0.2, 0) is 14.3 Å². The Labute approximate surface area is 193 Å². The van der Waals surface area contributed by atoms with Crippen molar-refractivity contribution in [2.24, 2.45) is 0 Å². The molecule has 1 N–H and O–H groups in total. The number of benzene rings is 3. The molecule has 8 heteroatoms. The minimum absolute atomic E-state index is 0.0639. The maximum absolute atomic E-state index is 13.5. The third-order valence-corrected chi connectivity index (χ3v) is 5.34. The Bertz CT molecular complexity index is 1240. The van der Waals surface area contributed by atoms with E-state index in [1.165, 1.54) is 29.5 Å². The van der Waals surface area contributed by atoms with Crippen LogP contribution in [0.2, 0.25) is 0 Å². The molecule has 166 valence electrons. The van der Waals surface area contributed by atoms with Gasteiger partial charge in [0.25, 0.3) is 5.91 Å². The number of amides is 1. The molecule has 0 atom stereocenters. The summed E-state index contributed by atoms with van der Waals surface area (Å²) in [7, 11) is 0.